The SMILES string of the molecule is CCCN1CCC=C(c2ccc(Nc3nc(Nc4cc(C)ccc4C(N)=O)c4cc[nH]c4n3)c(C)c2)C1. The first-order valence-corrected chi connectivity index (χ1v) is 12.7. The molecule has 2 aromatic carbocycles. The number of primary amides is 1. The minimum absolute atomic E-state index is 0.406. The van der Waals surface area contributed by atoms with Crippen LogP contribution in [0.15, 0.2) is 54.7 Å². The van der Waals surface area contributed by atoms with Crippen molar-refractivity contribution in [1.29, 1.82) is 0 Å². The van der Waals surface area contributed by atoms with Crippen molar-refractivity contribution in [3.05, 3.63) is 77.0 Å². The number of benzene rings is 2. The molecule has 8 nitrogen and oxygen atoms in total. The smallest absolute Gasteiger partial charge is 0.250 e. The number of nitrogens with one attached hydrogen (secondary N) is 3. The molecule has 2 aromatic heterocycles. The van der Waals surface area contributed by atoms with E-state index in [9.17, 15) is 4.79 Å². The van der Waals surface area contributed by atoms with E-state index in [0.717, 1.165) is 48.3 Å². The van der Waals surface area contributed by atoms with Crippen LogP contribution in [0.2, 0.25) is 0 Å². The lowest BCUT2D eigenvalue weighted by atomic mass is 9.98. The van der Waals surface area contributed by atoms with Gasteiger partial charge in [-0.05, 0) is 85.8 Å². The first kappa shape index (κ1) is 24.5. The summed E-state index contributed by atoms with van der Waals surface area (Å²) < 4.78 is 0. The number of anilines is 4. The summed E-state index contributed by atoms with van der Waals surface area (Å²) >= 11 is 0. The second-order valence-electron chi connectivity index (χ2n) is 9.62. The van der Waals surface area contributed by atoms with Crippen LogP contribution in [0.1, 0.15) is 46.8 Å². The van der Waals surface area contributed by atoms with E-state index in [-0.39, 0.29) is 0 Å². The molecule has 0 saturated carbocycles. The average molecular weight is 496 g/mol. The highest BCUT2D eigenvalue weighted by Gasteiger charge is 2.16. The van der Waals surface area contributed by atoms with E-state index in [1.165, 1.54) is 17.6 Å². The maximum atomic E-state index is 12.0. The van der Waals surface area contributed by atoms with Crippen molar-refractivity contribution in [2.75, 3.05) is 30.3 Å². The molecule has 0 aliphatic carbocycles. The molecule has 8 heteroatoms. The third kappa shape index (κ3) is 5.34. The zero-order valence-electron chi connectivity index (χ0n) is 21.6. The highest BCUT2D eigenvalue weighted by Crippen LogP contribution is 2.30. The van der Waals surface area contributed by atoms with Crippen LogP contribution < -0.4 is 16.4 Å². The summed E-state index contributed by atoms with van der Waals surface area (Å²) in [5.41, 5.74) is 13.0. The molecular weight excluding hydrogens is 462 g/mol. The number of H-pyrrole nitrogens is 1. The molecule has 0 bridgehead atoms. The quantitative estimate of drug-likeness (QED) is 0.251. The fourth-order valence-electron chi connectivity index (χ4n) is 4.84. The van der Waals surface area contributed by atoms with Crippen LogP contribution >= 0.6 is 0 Å². The van der Waals surface area contributed by atoms with Gasteiger partial charge in [0.15, 0.2) is 0 Å². The number of nitrogens with two attached hydrogens (primary N) is 1. The molecule has 0 saturated heterocycles. The second kappa shape index (κ2) is 10.4. The third-order valence-electron chi connectivity index (χ3n) is 6.72. The van der Waals surface area contributed by atoms with E-state index in [0.29, 0.717) is 28.7 Å². The number of aromatic nitrogens is 3. The van der Waals surface area contributed by atoms with E-state index in [2.05, 4.69) is 63.6 Å². The first-order valence-electron chi connectivity index (χ1n) is 12.7. The number of nitrogens with zero attached hydrogens (tertiary/aromatic N) is 3. The van der Waals surface area contributed by atoms with E-state index in [4.69, 9.17) is 10.7 Å². The summed E-state index contributed by atoms with van der Waals surface area (Å²) in [5.74, 6) is 0.536. The fraction of sp³-hybridized carbons (Fsp3) is 0.276. The largest absolute Gasteiger partial charge is 0.366 e. The molecule has 5 N–H and O–H groups in total. The summed E-state index contributed by atoms with van der Waals surface area (Å²) in [4.78, 5) is 27.1. The van der Waals surface area contributed by atoms with Crippen LogP contribution in [0.5, 0.6) is 0 Å². The third-order valence-corrected chi connectivity index (χ3v) is 6.72. The molecule has 1 aliphatic heterocycles. The Hall–Kier alpha value is -4.17. The lowest BCUT2D eigenvalue weighted by Crippen LogP contribution is -2.30. The molecule has 0 unspecified atom stereocenters. The topological polar surface area (TPSA) is 112 Å². The van der Waals surface area contributed by atoms with Gasteiger partial charge in [-0.1, -0.05) is 25.1 Å². The maximum Gasteiger partial charge on any atom is 0.250 e. The van der Waals surface area contributed by atoms with Gasteiger partial charge < -0.3 is 21.4 Å². The number of aryl methyl sites for hydroxylation is 2. The minimum Gasteiger partial charge on any atom is -0.366 e. The molecule has 0 radical (unpaired) electrons. The van der Waals surface area contributed by atoms with Crippen LogP contribution in [0.3, 0.4) is 0 Å². The maximum absolute atomic E-state index is 12.0. The highest BCUT2D eigenvalue weighted by atomic mass is 16.1. The van der Waals surface area contributed by atoms with E-state index in [1.807, 2.05) is 31.3 Å². The van der Waals surface area contributed by atoms with Crippen LogP contribution in [-0.4, -0.2) is 45.4 Å². The van der Waals surface area contributed by atoms with E-state index in [1.54, 1.807) is 6.07 Å². The van der Waals surface area contributed by atoms with Gasteiger partial charge in [-0.25, -0.2) is 0 Å². The standard InChI is InChI=1S/C29H33N7O/c1-4-13-36-14-5-6-21(17-36)20-8-10-24(19(3)16-20)33-29-34-27-23(11-12-31-27)28(35-29)32-25-15-18(2)7-9-22(25)26(30)37/h6-12,15-16H,4-5,13-14,17H2,1-3H3,(H2,30,37)(H3,31,32,33,34,35). The average Bonchev–Trinajstić information content (AvgIpc) is 3.35. The number of hydrogen-bond donors (Lipinski definition) is 4. The molecule has 190 valence electrons. The Morgan fingerprint density at radius 3 is 2.73 bits per heavy atom. The van der Waals surface area contributed by atoms with Crippen molar-refractivity contribution < 1.29 is 4.79 Å². The first-order chi connectivity index (χ1) is 17.9. The number of amides is 1. The van der Waals surface area contributed by atoms with Crippen molar-refractivity contribution >= 4 is 45.7 Å². The van der Waals surface area contributed by atoms with Gasteiger partial charge in [-0.3, -0.25) is 9.69 Å². The summed E-state index contributed by atoms with van der Waals surface area (Å²) in [6.45, 7) is 9.55. The van der Waals surface area contributed by atoms with Gasteiger partial charge in [0.1, 0.15) is 11.5 Å². The van der Waals surface area contributed by atoms with Crippen LogP contribution in [0.4, 0.5) is 23.1 Å². The van der Waals surface area contributed by atoms with Gasteiger partial charge in [-0.15, -0.1) is 0 Å². The fourth-order valence-corrected chi connectivity index (χ4v) is 4.84. The van der Waals surface area contributed by atoms with Crippen molar-refractivity contribution in [3.8, 4) is 0 Å². The molecule has 4 aromatic rings. The Balaban J connectivity index is 1.43. The van der Waals surface area contributed by atoms with Gasteiger partial charge in [-0.2, -0.15) is 9.97 Å². The zero-order chi connectivity index (χ0) is 25.9. The number of hydrogen-bond acceptors (Lipinski definition) is 6. The predicted octanol–water partition coefficient (Wildman–Crippen LogP) is 5.66. The van der Waals surface area contributed by atoms with Gasteiger partial charge in [0.2, 0.25) is 5.95 Å². The molecule has 3 heterocycles. The lowest BCUT2D eigenvalue weighted by Gasteiger charge is -2.27. The van der Waals surface area contributed by atoms with Crippen LogP contribution in [0, 0.1) is 13.8 Å². The number of carbonyl (C=O) groups excluding carboxylic acids is 1. The number of rotatable bonds is 8. The lowest BCUT2D eigenvalue weighted by molar-refractivity contribution is 0.100. The van der Waals surface area contributed by atoms with Gasteiger partial charge in [0.25, 0.3) is 5.91 Å². The highest BCUT2D eigenvalue weighted by molar-refractivity contribution is 6.00. The van der Waals surface area contributed by atoms with E-state index >= 15 is 0 Å². The second-order valence-corrected chi connectivity index (χ2v) is 9.62. The molecule has 0 spiro atoms. The molecule has 1 amide bonds. The zero-order valence-corrected chi connectivity index (χ0v) is 21.6. The Morgan fingerprint density at radius 1 is 1.08 bits per heavy atom. The van der Waals surface area contributed by atoms with Gasteiger partial charge >= 0.3 is 0 Å². The molecule has 0 fully saturated rings. The summed E-state index contributed by atoms with van der Waals surface area (Å²) in [6.07, 6.45) is 6.44. The van der Waals surface area contributed by atoms with Gasteiger partial charge in [0.05, 0.1) is 16.6 Å². The molecule has 0 atom stereocenters. The van der Waals surface area contributed by atoms with Crippen molar-refractivity contribution in [2.45, 2.75) is 33.6 Å². The van der Waals surface area contributed by atoms with Crippen LogP contribution in [0.25, 0.3) is 16.6 Å². The van der Waals surface area contributed by atoms with Crippen molar-refractivity contribution in [2.24, 2.45) is 5.73 Å². The Kier molecular flexibility index (Phi) is 6.92. The van der Waals surface area contributed by atoms with Crippen LogP contribution in [-0.2, 0) is 0 Å². The van der Waals surface area contributed by atoms with Crippen molar-refractivity contribution in [3.63, 3.8) is 0 Å². The molecule has 37 heavy (non-hydrogen) atoms. The normalized spacial score (nSPS) is 14.0. The number of aromatic amines is 1. The predicted molar refractivity (Wildman–Crippen MR) is 151 cm³/mol. The molecule has 5 rings (SSSR count). The Labute approximate surface area is 217 Å². The number of fused-ring (bicyclic) bond motifs is 1. The Morgan fingerprint density at radius 2 is 1.95 bits per heavy atom. The minimum atomic E-state index is -0.498. The summed E-state index contributed by atoms with van der Waals surface area (Å²) in [6, 6.07) is 13.9. The Bertz CT molecular complexity index is 1490. The molecule has 1 aliphatic rings. The monoisotopic (exact) mass is 495 g/mol. The summed E-state index contributed by atoms with van der Waals surface area (Å²) in [7, 11) is 0. The summed E-state index contributed by atoms with van der Waals surface area (Å²) in [5, 5.41) is 7.51. The van der Waals surface area contributed by atoms with Gasteiger partial charge in [0, 0.05) is 25.0 Å². The number of carbonyl (C=O) groups is 1. The molecular formula is C29H33N7O. The van der Waals surface area contributed by atoms with Crippen molar-refractivity contribution in [1.82, 2.24) is 19.9 Å². The van der Waals surface area contributed by atoms with E-state index < -0.39 is 5.91 Å².